The van der Waals surface area contributed by atoms with Crippen molar-refractivity contribution < 1.29 is 9.53 Å². The lowest BCUT2D eigenvalue weighted by Crippen LogP contribution is -2.43. The highest BCUT2D eigenvalue weighted by atomic mass is 32.1. The summed E-state index contributed by atoms with van der Waals surface area (Å²) in [5, 5.41) is 6.29. The lowest BCUT2D eigenvalue weighted by Gasteiger charge is -2.24. The Bertz CT molecular complexity index is 401. The molecule has 5 nitrogen and oxygen atoms in total. The summed E-state index contributed by atoms with van der Waals surface area (Å²) in [5.41, 5.74) is 1.36. The van der Waals surface area contributed by atoms with Crippen molar-refractivity contribution in [2.24, 2.45) is 0 Å². The highest BCUT2D eigenvalue weighted by molar-refractivity contribution is 7.09. The number of alkyl carbamates (subject to hydrolysis) is 1. The van der Waals surface area contributed by atoms with E-state index in [1.807, 2.05) is 32.5 Å². The number of carbonyl (C=O) groups is 1. The molecule has 1 rings (SSSR count). The summed E-state index contributed by atoms with van der Waals surface area (Å²) in [6.45, 7) is 10.3. The van der Waals surface area contributed by atoms with Gasteiger partial charge in [0.2, 0.25) is 0 Å². The van der Waals surface area contributed by atoms with Gasteiger partial charge in [0.05, 0.1) is 5.51 Å². The van der Waals surface area contributed by atoms with Gasteiger partial charge in [0.15, 0.2) is 0 Å². The molecule has 0 aliphatic carbocycles. The van der Waals surface area contributed by atoms with Crippen LogP contribution in [0, 0.1) is 0 Å². The van der Waals surface area contributed by atoms with Gasteiger partial charge >= 0.3 is 6.09 Å². The van der Waals surface area contributed by atoms with E-state index in [2.05, 4.69) is 29.5 Å². The zero-order valence-electron chi connectivity index (χ0n) is 12.9. The molecule has 0 aliphatic heterocycles. The third-order valence-electron chi connectivity index (χ3n) is 2.75. The number of hydrogen-bond acceptors (Lipinski definition) is 5. The third kappa shape index (κ3) is 6.34. The van der Waals surface area contributed by atoms with Crippen LogP contribution in [-0.4, -0.2) is 29.3 Å². The summed E-state index contributed by atoms with van der Waals surface area (Å²) in [4.78, 5) is 16.9. The zero-order chi connectivity index (χ0) is 15.2. The van der Waals surface area contributed by atoms with Gasteiger partial charge in [-0.2, -0.15) is 0 Å². The molecule has 1 aromatic heterocycles. The van der Waals surface area contributed by atoms with Crippen molar-refractivity contribution in [3.8, 4) is 0 Å². The Balaban J connectivity index is 2.38. The Labute approximate surface area is 125 Å². The molecule has 2 N–H and O–H groups in total. The predicted molar refractivity (Wildman–Crippen MR) is 82.0 cm³/mol. The van der Waals surface area contributed by atoms with E-state index in [9.17, 15) is 4.79 Å². The first-order valence-corrected chi connectivity index (χ1v) is 7.81. The number of amides is 1. The molecule has 2 atom stereocenters. The molecule has 1 aromatic rings. The average molecular weight is 299 g/mol. The second-order valence-corrected chi connectivity index (χ2v) is 6.70. The van der Waals surface area contributed by atoms with Crippen molar-refractivity contribution >= 4 is 17.4 Å². The summed E-state index contributed by atoms with van der Waals surface area (Å²) >= 11 is 1.63. The Morgan fingerprint density at radius 1 is 1.50 bits per heavy atom. The van der Waals surface area contributed by atoms with Crippen molar-refractivity contribution in [2.75, 3.05) is 6.54 Å². The van der Waals surface area contributed by atoms with Crippen molar-refractivity contribution in [2.45, 2.75) is 58.7 Å². The largest absolute Gasteiger partial charge is 0.444 e. The molecule has 20 heavy (non-hydrogen) atoms. The average Bonchev–Trinajstić information content (AvgIpc) is 2.85. The van der Waals surface area contributed by atoms with Crippen LogP contribution in [0.3, 0.4) is 0 Å². The lowest BCUT2D eigenvalue weighted by atomic mass is 10.2. The number of thiazole rings is 1. The Hall–Kier alpha value is -1.14. The van der Waals surface area contributed by atoms with Crippen molar-refractivity contribution in [1.82, 2.24) is 15.6 Å². The molecule has 0 aliphatic rings. The van der Waals surface area contributed by atoms with Gasteiger partial charge in [0.1, 0.15) is 5.60 Å². The quantitative estimate of drug-likeness (QED) is 0.847. The molecular formula is C14H25N3O2S. The first kappa shape index (κ1) is 16.9. The van der Waals surface area contributed by atoms with Crippen LogP contribution in [0.2, 0.25) is 0 Å². The molecule has 1 heterocycles. The maximum Gasteiger partial charge on any atom is 0.407 e. The normalized spacial score (nSPS) is 14.7. The van der Waals surface area contributed by atoms with Gasteiger partial charge in [-0.1, -0.05) is 6.92 Å². The lowest BCUT2D eigenvalue weighted by molar-refractivity contribution is 0.0521. The highest BCUT2D eigenvalue weighted by Gasteiger charge is 2.18. The summed E-state index contributed by atoms with van der Waals surface area (Å²) in [6.07, 6.45) is 2.43. The molecule has 0 aromatic carbocycles. The number of carbonyl (C=O) groups excluding carboxylic acids is 1. The third-order valence-corrected chi connectivity index (χ3v) is 3.71. The highest BCUT2D eigenvalue weighted by Crippen LogP contribution is 2.17. The molecule has 6 heteroatoms. The van der Waals surface area contributed by atoms with Crippen molar-refractivity contribution in [1.29, 1.82) is 0 Å². The Morgan fingerprint density at radius 3 is 2.70 bits per heavy atom. The molecule has 0 spiro atoms. The minimum Gasteiger partial charge on any atom is -0.444 e. The van der Waals surface area contributed by atoms with E-state index in [4.69, 9.17) is 4.74 Å². The SMILES string of the molecule is CCC(CNC(=O)OC(C)(C)C)NC(C)c1cncs1. The molecule has 0 saturated carbocycles. The fourth-order valence-corrected chi connectivity index (χ4v) is 2.35. The van der Waals surface area contributed by atoms with Gasteiger partial charge in [-0.15, -0.1) is 11.3 Å². The van der Waals surface area contributed by atoms with Gasteiger partial charge in [0.25, 0.3) is 0 Å². The monoisotopic (exact) mass is 299 g/mol. The number of aromatic nitrogens is 1. The smallest absolute Gasteiger partial charge is 0.407 e. The van der Waals surface area contributed by atoms with Crippen LogP contribution in [0.15, 0.2) is 11.7 Å². The fourth-order valence-electron chi connectivity index (χ4n) is 1.72. The Morgan fingerprint density at radius 2 is 2.20 bits per heavy atom. The molecule has 2 unspecified atom stereocenters. The first-order chi connectivity index (χ1) is 9.31. The van der Waals surface area contributed by atoms with Crippen LogP contribution >= 0.6 is 11.3 Å². The van der Waals surface area contributed by atoms with E-state index in [1.54, 1.807) is 11.3 Å². The molecule has 0 saturated heterocycles. The van der Waals surface area contributed by atoms with Gasteiger partial charge in [-0.25, -0.2) is 4.79 Å². The van der Waals surface area contributed by atoms with E-state index >= 15 is 0 Å². The van der Waals surface area contributed by atoms with E-state index < -0.39 is 5.60 Å². The number of nitrogens with one attached hydrogen (secondary N) is 2. The molecule has 0 fully saturated rings. The van der Waals surface area contributed by atoms with Gasteiger partial charge < -0.3 is 15.4 Å². The molecule has 0 bridgehead atoms. The maximum absolute atomic E-state index is 11.6. The summed E-state index contributed by atoms with van der Waals surface area (Å²) in [6, 6.07) is 0.438. The standard InChI is InChI=1S/C14H25N3O2S/c1-6-11(7-16-13(18)19-14(3,4)5)17-10(2)12-8-15-9-20-12/h8-11,17H,6-7H2,1-5H3,(H,16,18). The summed E-state index contributed by atoms with van der Waals surface area (Å²) in [5.74, 6) is 0. The molecule has 0 radical (unpaired) electrons. The minimum absolute atomic E-state index is 0.208. The summed E-state index contributed by atoms with van der Waals surface area (Å²) in [7, 11) is 0. The van der Waals surface area contributed by atoms with Crippen LogP contribution in [0.1, 0.15) is 52.0 Å². The van der Waals surface area contributed by atoms with E-state index in [1.165, 1.54) is 4.88 Å². The second kappa shape index (κ2) is 7.59. The Kier molecular flexibility index (Phi) is 6.42. The summed E-state index contributed by atoms with van der Waals surface area (Å²) < 4.78 is 5.22. The van der Waals surface area contributed by atoms with E-state index in [-0.39, 0.29) is 18.2 Å². The first-order valence-electron chi connectivity index (χ1n) is 6.93. The molecule has 114 valence electrons. The van der Waals surface area contributed by atoms with Crippen LogP contribution < -0.4 is 10.6 Å². The number of ether oxygens (including phenoxy) is 1. The molecule has 1 amide bonds. The zero-order valence-corrected chi connectivity index (χ0v) is 13.7. The van der Waals surface area contributed by atoms with Gasteiger partial charge in [0, 0.05) is 29.7 Å². The van der Waals surface area contributed by atoms with E-state index in [0.717, 1.165) is 6.42 Å². The van der Waals surface area contributed by atoms with Crippen molar-refractivity contribution in [3.63, 3.8) is 0 Å². The van der Waals surface area contributed by atoms with E-state index in [0.29, 0.717) is 6.54 Å². The number of hydrogen-bond donors (Lipinski definition) is 2. The van der Waals surface area contributed by atoms with Crippen LogP contribution in [0.5, 0.6) is 0 Å². The van der Waals surface area contributed by atoms with Crippen LogP contribution in [0.4, 0.5) is 4.79 Å². The second-order valence-electron chi connectivity index (χ2n) is 5.78. The van der Waals surface area contributed by atoms with Crippen LogP contribution in [0.25, 0.3) is 0 Å². The van der Waals surface area contributed by atoms with Gasteiger partial charge in [-0.05, 0) is 34.1 Å². The van der Waals surface area contributed by atoms with Crippen molar-refractivity contribution in [3.05, 3.63) is 16.6 Å². The van der Waals surface area contributed by atoms with Crippen LogP contribution in [-0.2, 0) is 4.74 Å². The van der Waals surface area contributed by atoms with Gasteiger partial charge in [-0.3, -0.25) is 4.98 Å². The fraction of sp³-hybridized carbons (Fsp3) is 0.714. The molecular weight excluding hydrogens is 274 g/mol. The number of rotatable bonds is 6. The number of nitrogens with zero attached hydrogens (tertiary/aromatic N) is 1. The topological polar surface area (TPSA) is 63.2 Å². The predicted octanol–water partition coefficient (Wildman–Crippen LogP) is 3.10. The maximum atomic E-state index is 11.6. The minimum atomic E-state index is -0.463.